The van der Waals surface area contributed by atoms with Gasteiger partial charge < -0.3 is 0 Å². The molecule has 0 unspecified atom stereocenters. The average Bonchev–Trinajstić information content (AvgIpc) is 2.63. The number of piperidine rings is 1. The van der Waals surface area contributed by atoms with Crippen LogP contribution in [0.4, 0.5) is 5.69 Å². The number of nitro benzene ring substituents is 1. The van der Waals surface area contributed by atoms with Crippen LogP contribution in [0.1, 0.15) is 28.8 Å². The summed E-state index contributed by atoms with van der Waals surface area (Å²) in [5.74, 6) is 0.305. The Labute approximate surface area is 141 Å². The quantitative estimate of drug-likeness (QED) is 0.478. The van der Waals surface area contributed by atoms with Crippen molar-refractivity contribution in [1.29, 1.82) is 0 Å². The highest BCUT2D eigenvalue weighted by Crippen LogP contribution is 2.23. The number of hydrogen-bond acceptors (Lipinski definition) is 4. The van der Waals surface area contributed by atoms with Crippen LogP contribution in [-0.4, -0.2) is 28.7 Å². The second-order valence-electron chi connectivity index (χ2n) is 6.21. The summed E-state index contributed by atoms with van der Waals surface area (Å²) in [5.41, 5.74) is 1.85. The van der Waals surface area contributed by atoms with Crippen LogP contribution < -0.4 is 0 Å². The van der Waals surface area contributed by atoms with Gasteiger partial charge in [-0.1, -0.05) is 42.5 Å². The van der Waals surface area contributed by atoms with Gasteiger partial charge in [0.2, 0.25) is 0 Å². The first-order chi connectivity index (χ1) is 11.6. The van der Waals surface area contributed by atoms with E-state index in [1.54, 1.807) is 12.1 Å². The zero-order chi connectivity index (χ0) is 16.9. The molecule has 124 valence electrons. The van der Waals surface area contributed by atoms with Crippen molar-refractivity contribution in [2.24, 2.45) is 5.92 Å². The van der Waals surface area contributed by atoms with Gasteiger partial charge in [-0.2, -0.15) is 0 Å². The number of carbonyl (C=O) groups excluding carboxylic acids is 1. The Morgan fingerprint density at radius 3 is 2.46 bits per heavy atom. The van der Waals surface area contributed by atoms with Crippen LogP contribution in [0.25, 0.3) is 0 Å². The maximum absolute atomic E-state index is 12.5. The first kappa shape index (κ1) is 16.3. The minimum atomic E-state index is -0.367. The Kier molecular flexibility index (Phi) is 5.01. The molecule has 0 aromatic heterocycles. The molecule has 3 rings (SSSR count). The molecule has 0 amide bonds. The fourth-order valence-electron chi connectivity index (χ4n) is 3.22. The number of hydrogen-bond donors (Lipinski definition) is 0. The molecule has 0 spiro atoms. The molecule has 1 saturated heterocycles. The van der Waals surface area contributed by atoms with Gasteiger partial charge in [0.1, 0.15) is 0 Å². The summed E-state index contributed by atoms with van der Waals surface area (Å²) in [6.45, 7) is 2.37. The van der Waals surface area contributed by atoms with Crippen molar-refractivity contribution < 1.29 is 9.72 Å². The molecule has 1 aliphatic heterocycles. The van der Waals surface area contributed by atoms with Gasteiger partial charge in [0.05, 0.1) is 4.92 Å². The van der Waals surface area contributed by atoms with E-state index < -0.39 is 0 Å². The molecule has 1 fully saturated rings. The maximum Gasteiger partial charge on any atom is 0.269 e. The van der Waals surface area contributed by atoms with Gasteiger partial charge in [-0.3, -0.25) is 19.8 Å². The number of Topliss-reactive ketones (excluding diaryl/α,β-unsaturated/α-hetero) is 1. The van der Waals surface area contributed by atoms with Crippen LogP contribution in [0.3, 0.4) is 0 Å². The Balaban J connectivity index is 1.56. The second-order valence-corrected chi connectivity index (χ2v) is 6.21. The third-order valence-corrected chi connectivity index (χ3v) is 4.54. The van der Waals surface area contributed by atoms with E-state index in [-0.39, 0.29) is 22.3 Å². The molecule has 1 heterocycles. The van der Waals surface area contributed by atoms with Gasteiger partial charge >= 0.3 is 0 Å². The van der Waals surface area contributed by atoms with Crippen LogP contribution in [0, 0.1) is 16.0 Å². The molecule has 0 radical (unpaired) electrons. The summed E-state index contributed by atoms with van der Waals surface area (Å²) in [4.78, 5) is 25.2. The summed E-state index contributed by atoms with van der Waals surface area (Å²) < 4.78 is 0. The van der Waals surface area contributed by atoms with E-state index in [9.17, 15) is 14.9 Å². The van der Waals surface area contributed by atoms with Crippen LogP contribution in [-0.2, 0) is 6.54 Å². The SMILES string of the molecule is O=C(c1ccccc1)C1CCN(Cc2cccc([N+](=O)[O-])c2)CC1. The zero-order valence-electron chi connectivity index (χ0n) is 13.4. The lowest BCUT2D eigenvalue weighted by atomic mass is 9.89. The monoisotopic (exact) mass is 324 g/mol. The molecular formula is C19H20N2O3. The van der Waals surface area contributed by atoms with Gasteiger partial charge in [-0.05, 0) is 31.5 Å². The lowest BCUT2D eigenvalue weighted by molar-refractivity contribution is -0.384. The number of carbonyl (C=O) groups is 1. The largest absolute Gasteiger partial charge is 0.299 e. The normalized spacial score (nSPS) is 16.0. The summed E-state index contributed by atoms with van der Waals surface area (Å²) in [5, 5.41) is 10.9. The smallest absolute Gasteiger partial charge is 0.269 e. The lowest BCUT2D eigenvalue weighted by Crippen LogP contribution is -2.35. The number of nitro groups is 1. The highest BCUT2D eigenvalue weighted by molar-refractivity contribution is 5.97. The molecule has 0 bridgehead atoms. The molecular weight excluding hydrogens is 304 g/mol. The zero-order valence-corrected chi connectivity index (χ0v) is 13.4. The minimum absolute atomic E-state index is 0.0776. The predicted octanol–water partition coefficient (Wildman–Crippen LogP) is 3.69. The van der Waals surface area contributed by atoms with E-state index in [2.05, 4.69) is 4.90 Å². The highest BCUT2D eigenvalue weighted by Gasteiger charge is 2.25. The number of rotatable bonds is 5. The van der Waals surface area contributed by atoms with Crippen LogP contribution in [0.15, 0.2) is 54.6 Å². The molecule has 1 aliphatic rings. The third kappa shape index (κ3) is 3.86. The molecule has 2 aromatic carbocycles. The van der Waals surface area contributed by atoms with Gasteiger partial charge in [-0.15, -0.1) is 0 Å². The van der Waals surface area contributed by atoms with Crippen molar-refractivity contribution in [1.82, 2.24) is 4.90 Å². The van der Waals surface area contributed by atoms with Crippen molar-refractivity contribution in [3.63, 3.8) is 0 Å². The number of nitrogens with zero attached hydrogens (tertiary/aromatic N) is 2. The van der Waals surface area contributed by atoms with E-state index >= 15 is 0 Å². The molecule has 5 nitrogen and oxygen atoms in total. The summed E-state index contributed by atoms with van der Waals surface area (Å²) in [6, 6.07) is 16.2. The first-order valence-corrected chi connectivity index (χ1v) is 8.18. The molecule has 0 atom stereocenters. The van der Waals surface area contributed by atoms with Crippen molar-refractivity contribution in [2.45, 2.75) is 19.4 Å². The van der Waals surface area contributed by atoms with Crippen molar-refractivity contribution in [2.75, 3.05) is 13.1 Å². The molecule has 0 N–H and O–H groups in total. The summed E-state index contributed by atoms with van der Waals surface area (Å²) >= 11 is 0. The Hall–Kier alpha value is -2.53. The highest BCUT2D eigenvalue weighted by atomic mass is 16.6. The van der Waals surface area contributed by atoms with E-state index in [0.717, 1.165) is 37.1 Å². The standard InChI is InChI=1S/C19H20N2O3/c22-19(16-6-2-1-3-7-16)17-9-11-20(12-10-17)14-15-5-4-8-18(13-15)21(23)24/h1-8,13,17H,9-12,14H2. The van der Waals surface area contributed by atoms with Gasteiger partial charge in [-0.25, -0.2) is 0 Å². The minimum Gasteiger partial charge on any atom is -0.299 e. The van der Waals surface area contributed by atoms with Gasteiger partial charge in [0.15, 0.2) is 5.78 Å². The van der Waals surface area contributed by atoms with Crippen LogP contribution in [0.2, 0.25) is 0 Å². The number of likely N-dealkylation sites (tertiary alicyclic amines) is 1. The summed E-state index contributed by atoms with van der Waals surface area (Å²) in [6.07, 6.45) is 1.67. The third-order valence-electron chi connectivity index (χ3n) is 4.54. The second kappa shape index (κ2) is 7.36. The molecule has 0 aliphatic carbocycles. The van der Waals surface area contributed by atoms with Crippen LogP contribution in [0.5, 0.6) is 0 Å². The van der Waals surface area contributed by atoms with E-state index in [1.807, 2.05) is 36.4 Å². The van der Waals surface area contributed by atoms with Gasteiger partial charge in [0.25, 0.3) is 5.69 Å². The van der Waals surface area contributed by atoms with E-state index in [0.29, 0.717) is 6.54 Å². The Morgan fingerprint density at radius 2 is 1.79 bits per heavy atom. The number of benzene rings is 2. The Bertz CT molecular complexity index is 722. The lowest BCUT2D eigenvalue weighted by Gasteiger charge is -2.31. The van der Waals surface area contributed by atoms with Crippen LogP contribution >= 0.6 is 0 Å². The average molecular weight is 324 g/mol. The molecule has 0 saturated carbocycles. The van der Waals surface area contributed by atoms with E-state index in [4.69, 9.17) is 0 Å². The molecule has 24 heavy (non-hydrogen) atoms. The maximum atomic E-state index is 12.5. The number of ketones is 1. The predicted molar refractivity (Wildman–Crippen MR) is 91.9 cm³/mol. The Morgan fingerprint density at radius 1 is 1.08 bits per heavy atom. The number of non-ortho nitro benzene ring substituents is 1. The topological polar surface area (TPSA) is 63.5 Å². The molecule has 2 aromatic rings. The van der Waals surface area contributed by atoms with Crippen molar-refractivity contribution >= 4 is 11.5 Å². The summed E-state index contributed by atoms with van der Waals surface area (Å²) in [7, 11) is 0. The van der Waals surface area contributed by atoms with Crippen molar-refractivity contribution in [3.8, 4) is 0 Å². The van der Waals surface area contributed by atoms with E-state index in [1.165, 1.54) is 6.07 Å². The fraction of sp³-hybridized carbons (Fsp3) is 0.316. The van der Waals surface area contributed by atoms with Crippen molar-refractivity contribution in [3.05, 3.63) is 75.8 Å². The van der Waals surface area contributed by atoms with Gasteiger partial charge in [0, 0.05) is 30.2 Å². The first-order valence-electron chi connectivity index (χ1n) is 8.18. The fourth-order valence-corrected chi connectivity index (χ4v) is 3.22. The molecule has 5 heteroatoms.